The molecule has 1 aromatic heterocycles. The van der Waals surface area contributed by atoms with E-state index in [2.05, 4.69) is 22.1 Å². The lowest BCUT2D eigenvalue weighted by atomic mass is 10.4. The van der Waals surface area contributed by atoms with Crippen LogP contribution in [0.15, 0.2) is 18.2 Å². The normalized spacial score (nSPS) is 10.2. The molecule has 0 saturated carbocycles. The molecule has 0 fully saturated rings. The second-order valence-corrected chi connectivity index (χ2v) is 3.41. The molecule has 0 aliphatic carbocycles. The molecule has 0 unspecified atom stereocenters. The predicted octanol–water partition coefficient (Wildman–Crippen LogP) is 1.99. The van der Waals surface area contributed by atoms with E-state index in [0.29, 0.717) is 0 Å². The highest BCUT2D eigenvalue weighted by Gasteiger charge is 2.05. The van der Waals surface area contributed by atoms with E-state index in [-0.39, 0.29) is 0 Å². The highest BCUT2D eigenvalue weighted by atomic mass is 16.5. The van der Waals surface area contributed by atoms with Crippen molar-refractivity contribution in [3.05, 3.63) is 18.2 Å². The van der Waals surface area contributed by atoms with Gasteiger partial charge in [0.25, 0.3) is 0 Å². The van der Waals surface area contributed by atoms with E-state index in [0.717, 1.165) is 37.9 Å². The van der Waals surface area contributed by atoms with Crippen molar-refractivity contribution >= 4 is 11.6 Å². The van der Waals surface area contributed by atoms with Crippen molar-refractivity contribution in [2.24, 2.45) is 0 Å². The van der Waals surface area contributed by atoms with Crippen LogP contribution in [0.25, 0.3) is 0 Å². The number of anilines is 2. The molecule has 0 radical (unpaired) electrons. The number of rotatable bonds is 7. The molecule has 1 rings (SSSR count). The van der Waals surface area contributed by atoms with Crippen molar-refractivity contribution in [3.8, 4) is 0 Å². The molecule has 0 spiro atoms. The van der Waals surface area contributed by atoms with Gasteiger partial charge in [-0.2, -0.15) is 0 Å². The fraction of sp³-hybridized carbons (Fsp3) is 0.583. The zero-order valence-corrected chi connectivity index (χ0v) is 10.4. The molecular weight excluding hydrogens is 202 g/mol. The summed E-state index contributed by atoms with van der Waals surface area (Å²) in [7, 11) is 1.88. The molecular formula is C12H21N3O. The smallest absolute Gasteiger partial charge is 0.131 e. The molecule has 4 heteroatoms. The van der Waals surface area contributed by atoms with Gasteiger partial charge in [-0.05, 0) is 26.0 Å². The van der Waals surface area contributed by atoms with Gasteiger partial charge in [0.15, 0.2) is 0 Å². The van der Waals surface area contributed by atoms with E-state index in [1.54, 1.807) is 0 Å². The number of hydrogen-bond acceptors (Lipinski definition) is 4. The predicted molar refractivity (Wildman–Crippen MR) is 68.2 cm³/mol. The summed E-state index contributed by atoms with van der Waals surface area (Å²) in [6.07, 6.45) is 0. The number of nitrogens with one attached hydrogen (secondary N) is 1. The Morgan fingerprint density at radius 3 is 2.81 bits per heavy atom. The van der Waals surface area contributed by atoms with Crippen molar-refractivity contribution in [1.82, 2.24) is 4.98 Å². The first-order valence-corrected chi connectivity index (χ1v) is 5.79. The molecule has 0 aliphatic heterocycles. The number of nitrogens with zero attached hydrogens (tertiary/aromatic N) is 2. The van der Waals surface area contributed by atoms with Gasteiger partial charge in [0, 0.05) is 26.7 Å². The van der Waals surface area contributed by atoms with Crippen LogP contribution < -0.4 is 10.2 Å². The van der Waals surface area contributed by atoms with Crippen molar-refractivity contribution in [1.29, 1.82) is 0 Å². The van der Waals surface area contributed by atoms with Crippen LogP contribution in [-0.2, 0) is 4.74 Å². The monoisotopic (exact) mass is 223 g/mol. The van der Waals surface area contributed by atoms with E-state index < -0.39 is 0 Å². The maximum atomic E-state index is 5.36. The van der Waals surface area contributed by atoms with Crippen LogP contribution >= 0.6 is 0 Å². The van der Waals surface area contributed by atoms with Gasteiger partial charge in [0.2, 0.25) is 0 Å². The summed E-state index contributed by atoms with van der Waals surface area (Å²) in [6.45, 7) is 7.46. The van der Waals surface area contributed by atoms with Gasteiger partial charge in [-0.15, -0.1) is 0 Å². The molecule has 0 amide bonds. The summed E-state index contributed by atoms with van der Waals surface area (Å²) in [5.74, 6) is 1.89. The largest absolute Gasteiger partial charge is 0.380 e. The maximum absolute atomic E-state index is 5.36. The van der Waals surface area contributed by atoms with Crippen molar-refractivity contribution < 1.29 is 4.74 Å². The number of aromatic nitrogens is 1. The lowest BCUT2D eigenvalue weighted by molar-refractivity contribution is 0.154. The molecule has 0 aliphatic rings. The summed E-state index contributed by atoms with van der Waals surface area (Å²) in [4.78, 5) is 6.71. The number of pyridine rings is 1. The first-order chi connectivity index (χ1) is 7.81. The Morgan fingerprint density at radius 2 is 2.19 bits per heavy atom. The minimum atomic E-state index is 0.746. The minimum Gasteiger partial charge on any atom is -0.380 e. The third-order valence-corrected chi connectivity index (χ3v) is 2.41. The van der Waals surface area contributed by atoms with E-state index in [1.165, 1.54) is 0 Å². The van der Waals surface area contributed by atoms with Gasteiger partial charge >= 0.3 is 0 Å². The van der Waals surface area contributed by atoms with E-state index >= 15 is 0 Å². The first kappa shape index (κ1) is 12.8. The van der Waals surface area contributed by atoms with Gasteiger partial charge in [0.1, 0.15) is 11.6 Å². The van der Waals surface area contributed by atoms with Crippen LogP contribution in [0, 0.1) is 0 Å². The Balaban J connectivity index is 2.62. The van der Waals surface area contributed by atoms with Crippen LogP contribution in [0.1, 0.15) is 13.8 Å². The maximum Gasteiger partial charge on any atom is 0.131 e. The lowest BCUT2D eigenvalue weighted by Gasteiger charge is -2.22. The van der Waals surface area contributed by atoms with Crippen LogP contribution in [0.5, 0.6) is 0 Å². The van der Waals surface area contributed by atoms with E-state index in [9.17, 15) is 0 Å². The fourth-order valence-electron chi connectivity index (χ4n) is 1.49. The van der Waals surface area contributed by atoms with E-state index in [4.69, 9.17) is 4.74 Å². The third-order valence-electron chi connectivity index (χ3n) is 2.41. The number of likely N-dealkylation sites (N-methyl/N-ethyl adjacent to an activating group) is 1. The molecule has 4 nitrogen and oxygen atoms in total. The lowest BCUT2D eigenvalue weighted by Crippen LogP contribution is -2.28. The highest BCUT2D eigenvalue weighted by Crippen LogP contribution is 2.13. The summed E-state index contributed by atoms with van der Waals surface area (Å²) in [5.41, 5.74) is 0. The Labute approximate surface area is 97.6 Å². The van der Waals surface area contributed by atoms with Gasteiger partial charge in [0.05, 0.1) is 6.61 Å². The van der Waals surface area contributed by atoms with Crippen LogP contribution in [0.2, 0.25) is 0 Å². The Morgan fingerprint density at radius 1 is 1.38 bits per heavy atom. The molecule has 1 aromatic rings. The second-order valence-electron chi connectivity index (χ2n) is 3.41. The zero-order valence-electron chi connectivity index (χ0n) is 10.4. The van der Waals surface area contributed by atoms with Crippen molar-refractivity contribution in [3.63, 3.8) is 0 Å². The minimum absolute atomic E-state index is 0.746. The molecule has 0 atom stereocenters. The second kappa shape index (κ2) is 7.06. The Bertz CT molecular complexity index is 304. The van der Waals surface area contributed by atoms with Crippen LogP contribution in [0.3, 0.4) is 0 Å². The van der Waals surface area contributed by atoms with Gasteiger partial charge in [-0.1, -0.05) is 6.07 Å². The van der Waals surface area contributed by atoms with Gasteiger partial charge in [-0.3, -0.25) is 0 Å². The summed E-state index contributed by atoms with van der Waals surface area (Å²) < 4.78 is 5.36. The molecule has 1 N–H and O–H groups in total. The zero-order chi connectivity index (χ0) is 11.8. The summed E-state index contributed by atoms with van der Waals surface area (Å²) in [5, 5.41) is 3.04. The average molecular weight is 223 g/mol. The highest BCUT2D eigenvalue weighted by molar-refractivity contribution is 5.46. The molecule has 90 valence electrons. The van der Waals surface area contributed by atoms with Gasteiger partial charge < -0.3 is 15.0 Å². The summed E-state index contributed by atoms with van der Waals surface area (Å²) in [6, 6.07) is 5.99. The Kier molecular flexibility index (Phi) is 5.64. The number of ether oxygens (including phenoxy) is 1. The molecule has 0 saturated heterocycles. The quantitative estimate of drug-likeness (QED) is 0.717. The standard InChI is InChI=1S/C12H21N3O/c1-4-15(9-10-16-5-2)12-8-6-7-11(13-3)14-12/h6-8H,4-5,9-10H2,1-3H3,(H,13,14). The first-order valence-electron chi connectivity index (χ1n) is 5.79. The number of hydrogen-bond donors (Lipinski definition) is 1. The molecule has 16 heavy (non-hydrogen) atoms. The van der Waals surface area contributed by atoms with Crippen LogP contribution in [0.4, 0.5) is 11.6 Å². The topological polar surface area (TPSA) is 37.4 Å². The average Bonchev–Trinajstić information content (AvgIpc) is 2.35. The SMILES string of the molecule is CCOCCN(CC)c1cccc(NC)n1. The Hall–Kier alpha value is -1.29. The third kappa shape index (κ3) is 3.70. The molecule has 0 aromatic carbocycles. The fourth-order valence-corrected chi connectivity index (χ4v) is 1.49. The summed E-state index contributed by atoms with van der Waals surface area (Å²) >= 11 is 0. The van der Waals surface area contributed by atoms with Crippen molar-refractivity contribution in [2.45, 2.75) is 13.8 Å². The molecule has 0 bridgehead atoms. The molecule has 1 heterocycles. The van der Waals surface area contributed by atoms with Crippen molar-refractivity contribution in [2.75, 3.05) is 43.6 Å². The van der Waals surface area contributed by atoms with Crippen LogP contribution in [-0.4, -0.2) is 38.3 Å². The van der Waals surface area contributed by atoms with E-state index in [1.807, 2.05) is 32.2 Å². The van der Waals surface area contributed by atoms with Gasteiger partial charge in [-0.25, -0.2) is 4.98 Å².